The number of carbonyl (C=O) groups is 6. The van der Waals surface area contributed by atoms with Crippen molar-refractivity contribution in [1.29, 1.82) is 0 Å². The van der Waals surface area contributed by atoms with E-state index in [0.717, 1.165) is 9.80 Å². The Kier molecular flexibility index (Phi) is 5.30. The molecule has 3 fully saturated rings. The van der Waals surface area contributed by atoms with Crippen LogP contribution in [-0.4, -0.2) is 49.8 Å². The molecule has 0 N–H and O–H groups in total. The number of methoxy groups -OCH3 is 2. The monoisotopic (exact) mass is 514 g/mol. The lowest BCUT2D eigenvalue weighted by molar-refractivity contribution is -0.137. The quantitative estimate of drug-likeness (QED) is 0.344. The molecule has 38 heavy (non-hydrogen) atoms. The Bertz CT molecular complexity index is 1290. The van der Waals surface area contributed by atoms with Crippen molar-refractivity contribution in [2.75, 3.05) is 24.0 Å². The molecule has 5 aliphatic rings. The summed E-state index contributed by atoms with van der Waals surface area (Å²) in [5, 5.41) is 0. The number of hydrogen-bond acceptors (Lipinski definition) is 8. The van der Waals surface area contributed by atoms with Crippen molar-refractivity contribution in [3.8, 4) is 0 Å². The predicted octanol–water partition coefficient (Wildman–Crippen LogP) is 1.99. The first-order chi connectivity index (χ1) is 18.3. The van der Waals surface area contributed by atoms with Gasteiger partial charge in [0.05, 0.1) is 60.4 Å². The van der Waals surface area contributed by atoms with Crippen LogP contribution in [0.4, 0.5) is 11.4 Å². The second-order valence-electron chi connectivity index (χ2n) is 9.74. The predicted molar refractivity (Wildman–Crippen MR) is 131 cm³/mol. The third-order valence-corrected chi connectivity index (χ3v) is 8.10. The highest BCUT2D eigenvalue weighted by Gasteiger charge is 2.68. The summed E-state index contributed by atoms with van der Waals surface area (Å²) in [6, 6.07) is 11.9. The van der Waals surface area contributed by atoms with E-state index in [4.69, 9.17) is 9.47 Å². The number of allylic oxidation sites excluding steroid dienone is 2. The van der Waals surface area contributed by atoms with Crippen molar-refractivity contribution in [3.05, 3.63) is 71.8 Å². The average Bonchev–Trinajstić information content (AvgIpc) is 3.39. The molecule has 6 atom stereocenters. The molecule has 2 aromatic carbocycles. The van der Waals surface area contributed by atoms with Gasteiger partial charge in [-0.05, 0) is 48.5 Å². The first-order valence-corrected chi connectivity index (χ1v) is 12.1. The standard InChI is InChI=1S/C28H22N2O8/c1-37-27(35)13-3-7-15(8-4-13)29-23(31)19-17-11-12-18(20(19)24(29)32)22-21(17)25(33)30(26(22)34)16-9-5-14(6-10-16)28(36)38-2/h3-12,17-22H,1-2H3/t17?,18?,19-,20-,21+,22+. The minimum atomic E-state index is -0.766. The van der Waals surface area contributed by atoms with E-state index in [-0.39, 0.29) is 11.1 Å². The number of hydrogen-bond donors (Lipinski definition) is 0. The lowest BCUT2D eigenvalue weighted by Crippen LogP contribution is -2.50. The number of nitrogens with zero attached hydrogens (tertiary/aromatic N) is 2. The molecule has 2 bridgehead atoms. The molecular formula is C28H22N2O8. The van der Waals surface area contributed by atoms with Crippen molar-refractivity contribution in [1.82, 2.24) is 0 Å². The normalized spacial score (nSPS) is 29.0. The zero-order valence-corrected chi connectivity index (χ0v) is 20.4. The van der Waals surface area contributed by atoms with Gasteiger partial charge in [-0.3, -0.25) is 29.0 Å². The van der Waals surface area contributed by atoms with E-state index in [1.54, 1.807) is 12.2 Å². The Morgan fingerprint density at radius 2 is 0.842 bits per heavy atom. The van der Waals surface area contributed by atoms with Gasteiger partial charge in [0.2, 0.25) is 23.6 Å². The van der Waals surface area contributed by atoms with Crippen molar-refractivity contribution >= 4 is 46.9 Å². The van der Waals surface area contributed by atoms with Gasteiger partial charge in [-0.1, -0.05) is 12.2 Å². The molecule has 2 unspecified atom stereocenters. The molecule has 0 radical (unpaired) electrons. The first-order valence-electron chi connectivity index (χ1n) is 12.1. The Morgan fingerprint density at radius 3 is 1.11 bits per heavy atom. The smallest absolute Gasteiger partial charge is 0.337 e. The number of amides is 4. The largest absolute Gasteiger partial charge is 0.465 e. The number of esters is 2. The van der Waals surface area contributed by atoms with Gasteiger partial charge in [0.25, 0.3) is 0 Å². The fourth-order valence-corrected chi connectivity index (χ4v) is 6.46. The van der Waals surface area contributed by atoms with Gasteiger partial charge in [-0.15, -0.1) is 0 Å². The molecule has 3 aliphatic carbocycles. The number of imide groups is 2. The highest BCUT2D eigenvalue weighted by molar-refractivity contribution is 6.26. The Hall–Kier alpha value is -4.60. The number of ether oxygens (including phenoxy) is 2. The molecule has 192 valence electrons. The molecule has 0 spiro atoms. The number of carbonyl (C=O) groups excluding carboxylic acids is 6. The summed E-state index contributed by atoms with van der Waals surface area (Å²) in [4.78, 5) is 80.1. The van der Waals surface area contributed by atoms with Crippen molar-refractivity contribution < 1.29 is 38.2 Å². The molecule has 4 amide bonds. The molecule has 10 heteroatoms. The molecule has 1 saturated carbocycles. The number of rotatable bonds is 4. The highest BCUT2D eigenvalue weighted by atomic mass is 16.5. The third kappa shape index (κ3) is 3.12. The molecule has 2 saturated heterocycles. The average molecular weight is 514 g/mol. The fourth-order valence-electron chi connectivity index (χ4n) is 6.46. The van der Waals surface area contributed by atoms with Crippen LogP contribution in [0.1, 0.15) is 20.7 Å². The van der Waals surface area contributed by atoms with Crippen LogP contribution < -0.4 is 9.80 Å². The van der Waals surface area contributed by atoms with Crippen LogP contribution in [0.5, 0.6) is 0 Å². The maximum Gasteiger partial charge on any atom is 0.337 e. The van der Waals surface area contributed by atoms with Crippen LogP contribution in [0.15, 0.2) is 60.7 Å². The lowest BCUT2D eigenvalue weighted by Gasteiger charge is -2.44. The van der Waals surface area contributed by atoms with E-state index in [1.807, 2.05) is 0 Å². The second-order valence-corrected chi connectivity index (χ2v) is 9.74. The highest BCUT2D eigenvalue weighted by Crippen LogP contribution is 2.58. The van der Waals surface area contributed by atoms with Gasteiger partial charge in [0.15, 0.2) is 0 Å². The minimum Gasteiger partial charge on any atom is -0.465 e. The Labute approximate surface area is 216 Å². The summed E-state index contributed by atoms with van der Waals surface area (Å²) in [5.41, 5.74) is 1.19. The summed E-state index contributed by atoms with van der Waals surface area (Å²) in [5.74, 6) is -7.07. The van der Waals surface area contributed by atoms with Crippen molar-refractivity contribution in [2.24, 2.45) is 35.5 Å². The second kappa shape index (κ2) is 8.47. The molecule has 2 aliphatic heterocycles. The number of benzene rings is 2. The number of anilines is 2. The van der Waals surface area contributed by atoms with Gasteiger partial charge in [0.1, 0.15) is 0 Å². The summed E-state index contributed by atoms with van der Waals surface area (Å²) >= 11 is 0. The van der Waals surface area contributed by atoms with Gasteiger partial charge in [0, 0.05) is 11.8 Å². The first kappa shape index (κ1) is 23.8. The maximum atomic E-state index is 13.6. The Morgan fingerprint density at radius 1 is 0.553 bits per heavy atom. The van der Waals surface area contributed by atoms with E-state index < -0.39 is 71.1 Å². The summed E-state index contributed by atoms with van der Waals surface area (Å²) in [6.07, 6.45) is 3.58. The van der Waals surface area contributed by atoms with Crippen molar-refractivity contribution in [3.63, 3.8) is 0 Å². The molecular weight excluding hydrogens is 492 g/mol. The van der Waals surface area contributed by atoms with Crippen molar-refractivity contribution in [2.45, 2.75) is 0 Å². The van der Waals surface area contributed by atoms with Crippen LogP contribution in [-0.2, 0) is 28.7 Å². The summed E-state index contributed by atoms with van der Waals surface area (Å²) in [7, 11) is 2.52. The van der Waals surface area contributed by atoms with Gasteiger partial charge in [-0.2, -0.15) is 0 Å². The summed E-state index contributed by atoms with van der Waals surface area (Å²) < 4.78 is 9.40. The fraction of sp³-hybridized carbons (Fsp3) is 0.286. The topological polar surface area (TPSA) is 127 Å². The van der Waals surface area contributed by atoms with E-state index in [0.29, 0.717) is 11.4 Å². The SMILES string of the molecule is COC(=O)c1ccc(N2C(=O)[C@@H]3C4C=CC([C@H]3C2=O)[C@@H]2C(=O)N(c3ccc(C(=O)OC)cc3)C(=O)[C@@H]42)cc1. The molecule has 10 nitrogen and oxygen atoms in total. The third-order valence-electron chi connectivity index (χ3n) is 8.10. The zero-order chi connectivity index (χ0) is 26.9. The van der Waals surface area contributed by atoms with Crippen LogP contribution in [0.25, 0.3) is 0 Å². The zero-order valence-electron chi connectivity index (χ0n) is 20.4. The van der Waals surface area contributed by atoms with E-state index in [9.17, 15) is 28.8 Å². The minimum absolute atomic E-state index is 0.278. The van der Waals surface area contributed by atoms with E-state index in [2.05, 4.69) is 0 Å². The summed E-state index contributed by atoms with van der Waals surface area (Å²) in [6.45, 7) is 0. The lowest BCUT2D eigenvalue weighted by atomic mass is 9.54. The van der Waals surface area contributed by atoms with Gasteiger partial charge >= 0.3 is 11.9 Å². The van der Waals surface area contributed by atoms with Crippen LogP contribution in [0, 0.1) is 35.5 Å². The van der Waals surface area contributed by atoms with Crippen LogP contribution >= 0.6 is 0 Å². The molecule has 2 heterocycles. The van der Waals surface area contributed by atoms with Crippen LogP contribution in [0.2, 0.25) is 0 Å². The van der Waals surface area contributed by atoms with Gasteiger partial charge in [-0.25, -0.2) is 9.59 Å². The molecule has 7 rings (SSSR count). The molecule has 0 aromatic heterocycles. The van der Waals surface area contributed by atoms with Crippen LogP contribution in [0.3, 0.4) is 0 Å². The molecule has 2 aromatic rings. The van der Waals surface area contributed by atoms with E-state index >= 15 is 0 Å². The van der Waals surface area contributed by atoms with E-state index in [1.165, 1.54) is 62.8 Å². The Balaban J connectivity index is 1.31. The maximum absolute atomic E-state index is 13.6. The van der Waals surface area contributed by atoms with Gasteiger partial charge < -0.3 is 9.47 Å².